The molecule has 0 spiro atoms. The van der Waals surface area contributed by atoms with Crippen molar-refractivity contribution < 1.29 is 14.3 Å². The zero-order valence-electron chi connectivity index (χ0n) is 18.0. The second-order valence-corrected chi connectivity index (χ2v) is 7.76. The number of hydrogen-bond acceptors (Lipinski definition) is 3. The molecule has 1 unspecified atom stereocenters. The number of hydrogen-bond donors (Lipinski definition) is 1. The smallest absolute Gasteiger partial charge is 0.261 e. The van der Waals surface area contributed by atoms with E-state index in [1.807, 2.05) is 50.2 Å². The fraction of sp³-hybridized carbons (Fsp3) is 0.417. The van der Waals surface area contributed by atoms with Crippen LogP contribution in [0, 0.1) is 6.92 Å². The normalized spacial score (nSPS) is 11.6. The van der Waals surface area contributed by atoms with Crippen LogP contribution in [0.15, 0.2) is 48.5 Å². The minimum atomic E-state index is -0.564. The molecule has 2 aromatic rings. The van der Waals surface area contributed by atoms with Crippen LogP contribution in [0.2, 0.25) is 5.02 Å². The Balaban J connectivity index is 2.16. The molecule has 0 heterocycles. The second kappa shape index (κ2) is 12.2. The summed E-state index contributed by atoms with van der Waals surface area (Å²) in [5, 5.41) is 3.58. The monoisotopic (exact) mass is 430 g/mol. The van der Waals surface area contributed by atoms with Crippen molar-refractivity contribution >= 4 is 23.4 Å². The SMILES string of the molecule is CCCCNC(=O)C(CC)N(Cc1ccc(Cl)cc1)C(=O)COc1cccc(C)c1. The van der Waals surface area contributed by atoms with E-state index in [2.05, 4.69) is 12.2 Å². The van der Waals surface area contributed by atoms with E-state index < -0.39 is 6.04 Å². The summed E-state index contributed by atoms with van der Waals surface area (Å²) in [6, 6.07) is 14.3. The number of amides is 2. The Bertz CT molecular complexity index is 823. The van der Waals surface area contributed by atoms with Gasteiger partial charge >= 0.3 is 0 Å². The molecule has 0 saturated heterocycles. The standard InChI is InChI=1S/C24H31ClN2O3/c1-4-6-14-26-24(29)22(5-2)27(16-19-10-12-20(25)13-11-19)23(28)17-30-21-9-7-8-18(3)15-21/h7-13,15,22H,4-6,14,16-17H2,1-3H3,(H,26,29). The van der Waals surface area contributed by atoms with E-state index in [1.54, 1.807) is 17.0 Å². The summed E-state index contributed by atoms with van der Waals surface area (Å²) in [6.45, 7) is 6.74. The molecule has 0 aliphatic rings. The number of nitrogens with one attached hydrogen (secondary N) is 1. The van der Waals surface area contributed by atoms with Crippen LogP contribution >= 0.6 is 11.6 Å². The van der Waals surface area contributed by atoms with Crippen molar-refractivity contribution in [3.63, 3.8) is 0 Å². The summed E-state index contributed by atoms with van der Waals surface area (Å²) in [5.41, 5.74) is 1.96. The van der Waals surface area contributed by atoms with Crippen molar-refractivity contribution in [3.05, 3.63) is 64.7 Å². The van der Waals surface area contributed by atoms with E-state index in [1.165, 1.54) is 0 Å². The third-order valence-corrected chi connectivity index (χ3v) is 5.09. The van der Waals surface area contributed by atoms with Gasteiger partial charge in [-0.3, -0.25) is 9.59 Å². The van der Waals surface area contributed by atoms with Gasteiger partial charge in [-0.15, -0.1) is 0 Å². The highest BCUT2D eigenvalue weighted by Crippen LogP contribution is 2.17. The van der Waals surface area contributed by atoms with Gasteiger partial charge in [0.15, 0.2) is 6.61 Å². The molecule has 2 rings (SSSR count). The molecule has 0 fully saturated rings. The quantitative estimate of drug-likeness (QED) is 0.523. The number of ether oxygens (including phenoxy) is 1. The Morgan fingerprint density at radius 2 is 1.87 bits per heavy atom. The van der Waals surface area contributed by atoms with Gasteiger partial charge in [0.1, 0.15) is 11.8 Å². The molecule has 2 amide bonds. The summed E-state index contributed by atoms with van der Waals surface area (Å²) < 4.78 is 5.72. The van der Waals surface area contributed by atoms with Crippen LogP contribution < -0.4 is 10.1 Å². The highest BCUT2D eigenvalue weighted by Gasteiger charge is 2.28. The number of nitrogens with zero attached hydrogens (tertiary/aromatic N) is 1. The van der Waals surface area contributed by atoms with Crippen LogP contribution in [0.3, 0.4) is 0 Å². The van der Waals surface area contributed by atoms with Gasteiger partial charge in [-0.05, 0) is 55.2 Å². The zero-order chi connectivity index (χ0) is 21.9. The van der Waals surface area contributed by atoms with Gasteiger partial charge < -0.3 is 15.0 Å². The number of carbonyl (C=O) groups is 2. The molecule has 0 aliphatic heterocycles. The molecule has 0 aromatic heterocycles. The number of halogens is 1. The molecule has 30 heavy (non-hydrogen) atoms. The van der Waals surface area contributed by atoms with Gasteiger partial charge in [0, 0.05) is 18.1 Å². The third-order valence-electron chi connectivity index (χ3n) is 4.83. The third kappa shape index (κ3) is 7.38. The molecule has 5 nitrogen and oxygen atoms in total. The minimum absolute atomic E-state index is 0.129. The van der Waals surface area contributed by atoms with Gasteiger partial charge in [0.05, 0.1) is 0 Å². The summed E-state index contributed by atoms with van der Waals surface area (Å²) in [6.07, 6.45) is 2.42. The summed E-state index contributed by atoms with van der Waals surface area (Å²) >= 11 is 5.99. The fourth-order valence-electron chi connectivity index (χ4n) is 3.15. The first kappa shape index (κ1) is 23.7. The van der Waals surface area contributed by atoms with Crippen molar-refractivity contribution in [3.8, 4) is 5.75 Å². The van der Waals surface area contributed by atoms with Crippen molar-refractivity contribution in [1.82, 2.24) is 10.2 Å². The Labute approximate surface area is 184 Å². The first-order valence-corrected chi connectivity index (χ1v) is 10.8. The maximum Gasteiger partial charge on any atom is 0.261 e. The van der Waals surface area contributed by atoms with Gasteiger partial charge in [-0.25, -0.2) is 0 Å². The van der Waals surface area contributed by atoms with Crippen LogP contribution in [-0.2, 0) is 16.1 Å². The molecular formula is C24H31ClN2O3. The molecular weight excluding hydrogens is 400 g/mol. The topological polar surface area (TPSA) is 58.6 Å². The van der Waals surface area contributed by atoms with E-state index in [0.29, 0.717) is 30.3 Å². The minimum Gasteiger partial charge on any atom is -0.484 e. The molecule has 0 radical (unpaired) electrons. The summed E-state index contributed by atoms with van der Waals surface area (Å²) in [4.78, 5) is 27.5. The van der Waals surface area contributed by atoms with E-state index >= 15 is 0 Å². The highest BCUT2D eigenvalue weighted by molar-refractivity contribution is 6.30. The molecule has 162 valence electrons. The van der Waals surface area contributed by atoms with Crippen LogP contribution in [0.5, 0.6) is 5.75 Å². The number of rotatable bonds is 11. The lowest BCUT2D eigenvalue weighted by molar-refractivity contribution is -0.143. The summed E-state index contributed by atoms with van der Waals surface area (Å²) in [5.74, 6) is 0.267. The zero-order valence-corrected chi connectivity index (χ0v) is 18.7. The molecule has 2 aromatic carbocycles. The van der Waals surface area contributed by atoms with E-state index in [9.17, 15) is 9.59 Å². The maximum atomic E-state index is 13.1. The van der Waals surface area contributed by atoms with Gasteiger partial charge in [-0.1, -0.05) is 56.1 Å². The maximum absolute atomic E-state index is 13.1. The average molecular weight is 431 g/mol. The van der Waals surface area contributed by atoms with Crippen LogP contribution in [0.4, 0.5) is 0 Å². The number of benzene rings is 2. The van der Waals surface area contributed by atoms with Crippen LogP contribution in [0.25, 0.3) is 0 Å². The molecule has 0 bridgehead atoms. The number of carbonyl (C=O) groups excluding carboxylic acids is 2. The van der Waals surface area contributed by atoms with Crippen molar-refractivity contribution in [2.45, 2.75) is 52.6 Å². The second-order valence-electron chi connectivity index (χ2n) is 7.32. The lowest BCUT2D eigenvalue weighted by Gasteiger charge is -2.30. The van der Waals surface area contributed by atoms with Crippen molar-refractivity contribution in [2.24, 2.45) is 0 Å². The van der Waals surface area contributed by atoms with Gasteiger partial charge in [-0.2, -0.15) is 0 Å². The Morgan fingerprint density at radius 3 is 2.50 bits per heavy atom. The van der Waals surface area contributed by atoms with E-state index in [0.717, 1.165) is 24.0 Å². The van der Waals surface area contributed by atoms with Crippen molar-refractivity contribution in [1.29, 1.82) is 0 Å². The van der Waals surface area contributed by atoms with Gasteiger partial charge in [0.2, 0.25) is 5.91 Å². The molecule has 1 N–H and O–H groups in total. The average Bonchev–Trinajstić information content (AvgIpc) is 2.73. The molecule has 0 saturated carbocycles. The number of aryl methyl sites for hydroxylation is 1. The first-order chi connectivity index (χ1) is 14.4. The largest absolute Gasteiger partial charge is 0.484 e. The molecule has 6 heteroatoms. The lowest BCUT2D eigenvalue weighted by atomic mass is 10.1. The van der Waals surface area contributed by atoms with Crippen molar-refractivity contribution in [2.75, 3.05) is 13.2 Å². The fourth-order valence-corrected chi connectivity index (χ4v) is 3.27. The Hall–Kier alpha value is -2.53. The first-order valence-electron chi connectivity index (χ1n) is 10.5. The Kier molecular flexibility index (Phi) is 9.68. The summed E-state index contributed by atoms with van der Waals surface area (Å²) in [7, 11) is 0. The lowest BCUT2D eigenvalue weighted by Crippen LogP contribution is -2.50. The Morgan fingerprint density at radius 1 is 1.13 bits per heavy atom. The molecule has 1 atom stereocenters. The number of unbranched alkanes of at least 4 members (excludes halogenated alkanes) is 1. The predicted octanol–water partition coefficient (Wildman–Crippen LogP) is 4.75. The van der Waals surface area contributed by atoms with Crippen LogP contribution in [0.1, 0.15) is 44.2 Å². The predicted molar refractivity (Wildman–Crippen MR) is 121 cm³/mol. The van der Waals surface area contributed by atoms with Crippen LogP contribution in [-0.4, -0.2) is 35.9 Å². The van der Waals surface area contributed by atoms with E-state index in [-0.39, 0.29) is 18.4 Å². The molecule has 0 aliphatic carbocycles. The highest BCUT2D eigenvalue weighted by atomic mass is 35.5. The van der Waals surface area contributed by atoms with E-state index in [4.69, 9.17) is 16.3 Å². The van der Waals surface area contributed by atoms with Gasteiger partial charge in [0.25, 0.3) is 5.91 Å².